The van der Waals surface area contributed by atoms with Gasteiger partial charge in [-0.05, 0) is 24.5 Å². The van der Waals surface area contributed by atoms with E-state index in [1.54, 1.807) is 6.07 Å². The molecule has 0 saturated heterocycles. The molecule has 96 valence electrons. The zero-order valence-corrected chi connectivity index (χ0v) is 10.7. The third-order valence-electron chi connectivity index (χ3n) is 2.93. The van der Waals surface area contributed by atoms with Gasteiger partial charge in [-0.2, -0.15) is 0 Å². The second-order valence-electron chi connectivity index (χ2n) is 4.56. The smallest absolute Gasteiger partial charge is 0.141 e. The van der Waals surface area contributed by atoms with Gasteiger partial charge in [0, 0.05) is 12.1 Å². The molecule has 0 radical (unpaired) electrons. The van der Waals surface area contributed by atoms with E-state index in [2.05, 4.69) is 24.1 Å². The molecular formula is C13H21FN2O. The predicted octanol–water partition coefficient (Wildman–Crippen LogP) is 2.28. The molecule has 1 unspecified atom stereocenters. The molecule has 0 saturated carbocycles. The number of halogens is 1. The molecule has 2 N–H and O–H groups in total. The van der Waals surface area contributed by atoms with Crippen LogP contribution in [0.4, 0.5) is 4.39 Å². The van der Waals surface area contributed by atoms with E-state index >= 15 is 0 Å². The molecule has 0 amide bonds. The van der Waals surface area contributed by atoms with Crippen LogP contribution in [0.1, 0.15) is 38.9 Å². The van der Waals surface area contributed by atoms with Crippen molar-refractivity contribution in [3.63, 3.8) is 0 Å². The maximum atomic E-state index is 12.8. The molecule has 3 nitrogen and oxygen atoms in total. The van der Waals surface area contributed by atoms with Gasteiger partial charge in [0.2, 0.25) is 0 Å². The highest BCUT2D eigenvalue weighted by atomic mass is 19.1. The first-order chi connectivity index (χ1) is 8.08. The summed E-state index contributed by atoms with van der Waals surface area (Å²) >= 11 is 0. The van der Waals surface area contributed by atoms with E-state index in [0.717, 1.165) is 12.1 Å². The second kappa shape index (κ2) is 6.67. The lowest BCUT2D eigenvalue weighted by Crippen LogP contribution is -2.39. The number of nitrogens with one attached hydrogen (secondary N) is 1. The van der Waals surface area contributed by atoms with Crippen LogP contribution in [0.3, 0.4) is 0 Å². The van der Waals surface area contributed by atoms with Crippen molar-refractivity contribution in [3.05, 3.63) is 29.8 Å². The van der Waals surface area contributed by atoms with Crippen LogP contribution in [0, 0.1) is 11.7 Å². The van der Waals surface area contributed by atoms with Crippen LogP contribution >= 0.6 is 0 Å². The average molecular weight is 240 g/mol. The van der Waals surface area contributed by atoms with Crippen LogP contribution in [-0.2, 0) is 0 Å². The van der Waals surface area contributed by atoms with Gasteiger partial charge in [-0.25, -0.2) is 4.39 Å². The van der Waals surface area contributed by atoms with E-state index in [0.29, 0.717) is 5.92 Å². The predicted molar refractivity (Wildman–Crippen MR) is 66.1 cm³/mol. The number of nitrogens with zero attached hydrogens (tertiary/aromatic N) is 1. The molecule has 0 spiro atoms. The van der Waals surface area contributed by atoms with Gasteiger partial charge >= 0.3 is 0 Å². The maximum absolute atomic E-state index is 12.8. The molecule has 1 heterocycles. The van der Waals surface area contributed by atoms with Crippen LogP contribution in [-0.4, -0.2) is 22.7 Å². The van der Waals surface area contributed by atoms with Gasteiger partial charge < -0.3 is 10.4 Å². The fourth-order valence-corrected chi connectivity index (χ4v) is 1.72. The quantitative estimate of drug-likeness (QED) is 0.802. The molecule has 0 bridgehead atoms. The van der Waals surface area contributed by atoms with Gasteiger partial charge in [0.25, 0.3) is 0 Å². The summed E-state index contributed by atoms with van der Waals surface area (Å²) in [6, 6.07) is 3.18. The Balaban J connectivity index is 2.74. The number of hydrogen-bond acceptors (Lipinski definition) is 3. The van der Waals surface area contributed by atoms with Crippen LogP contribution in [0.25, 0.3) is 0 Å². The molecule has 1 rings (SSSR count). The van der Waals surface area contributed by atoms with E-state index in [-0.39, 0.29) is 24.5 Å². The monoisotopic (exact) mass is 240 g/mol. The highest BCUT2D eigenvalue weighted by molar-refractivity contribution is 5.10. The molecule has 4 heteroatoms. The van der Waals surface area contributed by atoms with Crippen LogP contribution in [0.15, 0.2) is 18.3 Å². The van der Waals surface area contributed by atoms with Crippen molar-refractivity contribution in [1.29, 1.82) is 0 Å². The third-order valence-corrected chi connectivity index (χ3v) is 2.93. The minimum absolute atomic E-state index is 0.0341. The molecule has 1 aromatic rings. The normalized spacial score (nSPS) is 14.9. The summed E-state index contributed by atoms with van der Waals surface area (Å²) < 4.78 is 12.8. The summed E-state index contributed by atoms with van der Waals surface area (Å²) in [6.45, 7) is 6.24. The van der Waals surface area contributed by atoms with Gasteiger partial charge in [-0.3, -0.25) is 4.98 Å². The molecule has 0 aliphatic heterocycles. The van der Waals surface area contributed by atoms with Crippen molar-refractivity contribution in [2.24, 2.45) is 5.92 Å². The number of pyridine rings is 1. The minimum Gasteiger partial charge on any atom is -0.395 e. The topological polar surface area (TPSA) is 45.1 Å². The highest BCUT2D eigenvalue weighted by Gasteiger charge is 2.18. The lowest BCUT2D eigenvalue weighted by molar-refractivity contribution is 0.197. The Labute approximate surface area is 102 Å². The minimum atomic E-state index is -0.328. The van der Waals surface area contributed by atoms with Gasteiger partial charge in [-0.15, -0.1) is 0 Å². The number of aromatic nitrogens is 1. The highest BCUT2D eigenvalue weighted by Crippen LogP contribution is 2.16. The Bertz CT molecular complexity index is 327. The molecule has 0 aliphatic rings. The van der Waals surface area contributed by atoms with Crippen molar-refractivity contribution in [1.82, 2.24) is 10.3 Å². The SMILES string of the molecule is CCC(N[C@H](CO)C(C)C)c1ccc(F)cn1. The molecule has 2 atom stereocenters. The second-order valence-corrected chi connectivity index (χ2v) is 4.56. The Morgan fingerprint density at radius 1 is 1.41 bits per heavy atom. The summed E-state index contributed by atoms with van der Waals surface area (Å²) in [5.74, 6) is 0.0145. The lowest BCUT2D eigenvalue weighted by atomic mass is 10.0. The summed E-state index contributed by atoms with van der Waals surface area (Å²) in [4.78, 5) is 4.08. The molecular weight excluding hydrogens is 219 g/mol. The molecule has 0 fully saturated rings. The van der Waals surface area contributed by atoms with Crippen molar-refractivity contribution in [3.8, 4) is 0 Å². The summed E-state index contributed by atoms with van der Waals surface area (Å²) in [6.07, 6.45) is 2.07. The third kappa shape index (κ3) is 4.06. The Hall–Kier alpha value is -1.00. The van der Waals surface area contributed by atoms with Crippen LogP contribution in [0.2, 0.25) is 0 Å². The van der Waals surface area contributed by atoms with Crippen LogP contribution in [0.5, 0.6) is 0 Å². The first-order valence-electron chi connectivity index (χ1n) is 6.06. The van der Waals surface area contributed by atoms with E-state index in [9.17, 15) is 9.50 Å². The van der Waals surface area contributed by atoms with E-state index in [1.807, 2.05) is 6.92 Å². The first kappa shape index (κ1) is 14.1. The summed E-state index contributed by atoms with van der Waals surface area (Å²) in [7, 11) is 0. The Kier molecular flexibility index (Phi) is 5.51. The van der Waals surface area contributed by atoms with Crippen molar-refractivity contribution < 1.29 is 9.50 Å². The number of aliphatic hydroxyl groups is 1. The van der Waals surface area contributed by atoms with Gasteiger partial charge in [0.1, 0.15) is 5.82 Å². The molecule has 17 heavy (non-hydrogen) atoms. The average Bonchev–Trinajstić information content (AvgIpc) is 2.32. The molecule has 1 aromatic heterocycles. The van der Waals surface area contributed by atoms with E-state index < -0.39 is 0 Å². The first-order valence-corrected chi connectivity index (χ1v) is 6.06. The number of rotatable bonds is 6. The van der Waals surface area contributed by atoms with Gasteiger partial charge in [-0.1, -0.05) is 20.8 Å². The van der Waals surface area contributed by atoms with E-state index in [1.165, 1.54) is 12.3 Å². The molecule has 0 aliphatic carbocycles. The fraction of sp³-hybridized carbons (Fsp3) is 0.615. The van der Waals surface area contributed by atoms with Crippen molar-refractivity contribution >= 4 is 0 Å². The van der Waals surface area contributed by atoms with E-state index in [4.69, 9.17) is 0 Å². The fourth-order valence-electron chi connectivity index (χ4n) is 1.72. The molecule has 0 aromatic carbocycles. The van der Waals surface area contributed by atoms with Gasteiger partial charge in [0.05, 0.1) is 18.5 Å². The number of hydrogen-bond donors (Lipinski definition) is 2. The Morgan fingerprint density at radius 2 is 2.12 bits per heavy atom. The standard InChI is InChI=1S/C13H21FN2O/c1-4-11(16-13(8-17)9(2)3)12-6-5-10(14)7-15-12/h5-7,9,11,13,16-17H,4,8H2,1-3H3/t11?,13-/m1/s1. The van der Waals surface area contributed by atoms with Crippen LogP contribution < -0.4 is 5.32 Å². The summed E-state index contributed by atoms with van der Waals surface area (Å²) in [5, 5.41) is 12.6. The zero-order valence-electron chi connectivity index (χ0n) is 10.7. The largest absolute Gasteiger partial charge is 0.395 e. The van der Waals surface area contributed by atoms with Crippen molar-refractivity contribution in [2.75, 3.05) is 6.61 Å². The number of aliphatic hydroxyl groups excluding tert-OH is 1. The zero-order chi connectivity index (χ0) is 12.8. The van der Waals surface area contributed by atoms with Crippen molar-refractivity contribution in [2.45, 2.75) is 39.3 Å². The lowest BCUT2D eigenvalue weighted by Gasteiger charge is -2.26. The summed E-state index contributed by atoms with van der Waals surface area (Å²) in [5.41, 5.74) is 0.813. The Morgan fingerprint density at radius 3 is 2.53 bits per heavy atom. The maximum Gasteiger partial charge on any atom is 0.141 e. The van der Waals surface area contributed by atoms with Gasteiger partial charge in [0.15, 0.2) is 0 Å².